The van der Waals surface area contributed by atoms with Crippen LogP contribution in [-0.4, -0.2) is 26.1 Å². The van der Waals surface area contributed by atoms with Gasteiger partial charge < -0.3 is 4.74 Å². The van der Waals surface area contributed by atoms with Crippen LogP contribution in [0.1, 0.15) is 12.5 Å². The molecule has 0 radical (unpaired) electrons. The van der Waals surface area contributed by atoms with Gasteiger partial charge in [0.15, 0.2) is 0 Å². The van der Waals surface area contributed by atoms with E-state index in [0.29, 0.717) is 18.0 Å². The van der Waals surface area contributed by atoms with E-state index < -0.39 is 0 Å². The minimum Gasteiger partial charge on any atom is -0.489 e. The Morgan fingerprint density at radius 1 is 0.914 bits per heavy atom. The lowest BCUT2D eigenvalue weighted by Crippen LogP contribution is -2.38. The fourth-order valence-electron chi connectivity index (χ4n) is 3.56. The van der Waals surface area contributed by atoms with Crippen molar-refractivity contribution in [2.24, 2.45) is 0 Å². The van der Waals surface area contributed by atoms with Gasteiger partial charge in [0.2, 0.25) is 5.91 Å². The van der Waals surface area contributed by atoms with Crippen LogP contribution >= 0.6 is 0 Å². The normalized spacial score (nSPS) is 10.7. The second-order valence-electron chi connectivity index (χ2n) is 7.83. The molecular formula is C27H22N6O2. The van der Waals surface area contributed by atoms with Crippen molar-refractivity contribution in [3.8, 4) is 17.0 Å². The van der Waals surface area contributed by atoms with Crippen LogP contribution in [0.3, 0.4) is 0 Å². The maximum Gasteiger partial charge on any atom is 0.268 e. The molecule has 0 fully saturated rings. The second-order valence-corrected chi connectivity index (χ2v) is 7.83. The summed E-state index contributed by atoms with van der Waals surface area (Å²) in [6.45, 7) is 1.93. The molecule has 0 aliphatic rings. The number of nitrogens with zero attached hydrogens (tertiary/aromatic N) is 5. The van der Waals surface area contributed by atoms with Gasteiger partial charge in [0.25, 0.3) is 5.95 Å². The molecule has 2 heterocycles. The van der Waals surface area contributed by atoms with Crippen LogP contribution in [0.15, 0.2) is 97.3 Å². The fourth-order valence-corrected chi connectivity index (χ4v) is 3.56. The fraction of sp³-hybridized carbons (Fsp3) is 0.0741. The van der Waals surface area contributed by atoms with Crippen LogP contribution in [0.4, 0.5) is 11.6 Å². The van der Waals surface area contributed by atoms with E-state index in [0.717, 1.165) is 27.8 Å². The summed E-state index contributed by atoms with van der Waals surface area (Å²) in [7, 11) is 0. The highest BCUT2D eigenvalue weighted by Gasteiger charge is 2.16. The summed E-state index contributed by atoms with van der Waals surface area (Å²) in [4.78, 5) is 20.7. The molecule has 1 N–H and O–H groups in total. The van der Waals surface area contributed by atoms with E-state index in [9.17, 15) is 4.79 Å². The van der Waals surface area contributed by atoms with Gasteiger partial charge in [0, 0.05) is 24.1 Å². The Hall–Kier alpha value is -4.85. The lowest BCUT2D eigenvalue weighted by Gasteiger charge is -2.22. The summed E-state index contributed by atoms with van der Waals surface area (Å²) in [5, 5.41) is 11.0. The Morgan fingerprint density at radius 3 is 2.49 bits per heavy atom. The van der Waals surface area contributed by atoms with E-state index in [4.69, 9.17) is 4.74 Å². The zero-order valence-corrected chi connectivity index (χ0v) is 19.0. The average Bonchev–Trinajstić information content (AvgIpc) is 2.91. The summed E-state index contributed by atoms with van der Waals surface area (Å²) in [6.07, 6.45) is 3.36. The smallest absolute Gasteiger partial charge is 0.268 e. The average molecular weight is 463 g/mol. The molecular weight excluding hydrogens is 440 g/mol. The molecule has 0 bridgehead atoms. The van der Waals surface area contributed by atoms with E-state index in [1.807, 2.05) is 84.9 Å². The highest BCUT2D eigenvalue weighted by molar-refractivity contribution is 5.84. The van der Waals surface area contributed by atoms with Gasteiger partial charge in [-0.3, -0.25) is 15.2 Å². The number of anilines is 2. The Balaban J connectivity index is 1.34. The molecule has 0 saturated heterocycles. The van der Waals surface area contributed by atoms with Crippen LogP contribution in [0.5, 0.6) is 5.75 Å². The zero-order valence-electron chi connectivity index (χ0n) is 19.0. The van der Waals surface area contributed by atoms with Crippen LogP contribution in [0, 0.1) is 0 Å². The summed E-state index contributed by atoms with van der Waals surface area (Å²) in [5.41, 5.74) is 6.87. The third kappa shape index (κ3) is 5.22. The molecule has 1 amide bonds. The Morgan fingerprint density at radius 2 is 1.74 bits per heavy atom. The maximum atomic E-state index is 11.9. The van der Waals surface area contributed by atoms with Crippen molar-refractivity contribution in [2.45, 2.75) is 13.5 Å². The van der Waals surface area contributed by atoms with Crippen LogP contribution < -0.4 is 15.2 Å². The molecule has 5 aromatic rings. The zero-order chi connectivity index (χ0) is 24.0. The molecule has 172 valence electrons. The highest BCUT2D eigenvalue weighted by atomic mass is 16.5. The standard InChI is InChI=1S/C27H22N6O2/c1-19(34)32-33(23-11-14-25-22(16-23)8-5-15-28-25)27-29-17-26(30-31-27)21-9-12-24(13-10-21)35-18-20-6-3-2-4-7-20/h2-17H,18H2,1H3,(H,32,34). The van der Waals surface area contributed by atoms with Crippen molar-refractivity contribution in [1.29, 1.82) is 0 Å². The molecule has 0 aliphatic heterocycles. The first-order chi connectivity index (χ1) is 17.2. The van der Waals surface area contributed by atoms with Gasteiger partial charge in [-0.2, -0.15) is 0 Å². The van der Waals surface area contributed by atoms with E-state index in [1.54, 1.807) is 12.4 Å². The third-order valence-corrected chi connectivity index (χ3v) is 5.26. The predicted octanol–water partition coefficient (Wildman–Crippen LogP) is 4.86. The molecule has 3 aromatic carbocycles. The minimum atomic E-state index is -0.255. The predicted molar refractivity (Wildman–Crippen MR) is 134 cm³/mol. The van der Waals surface area contributed by atoms with E-state index in [2.05, 4.69) is 25.6 Å². The van der Waals surface area contributed by atoms with Gasteiger partial charge in [-0.25, -0.2) is 9.99 Å². The second kappa shape index (κ2) is 9.96. The number of nitrogens with one attached hydrogen (secondary N) is 1. The van der Waals surface area contributed by atoms with Crippen molar-refractivity contribution in [1.82, 2.24) is 25.6 Å². The molecule has 0 atom stereocenters. The maximum absolute atomic E-state index is 11.9. The van der Waals surface area contributed by atoms with E-state index in [-0.39, 0.29) is 11.9 Å². The van der Waals surface area contributed by atoms with Crippen molar-refractivity contribution in [3.05, 3.63) is 103 Å². The number of fused-ring (bicyclic) bond motifs is 1. The van der Waals surface area contributed by atoms with Crippen LogP contribution in [-0.2, 0) is 11.4 Å². The van der Waals surface area contributed by atoms with Crippen molar-refractivity contribution in [2.75, 3.05) is 5.01 Å². The van der Waals surface area contributed by atoms with E-state index in [1.165, 1.54) is 11.9 Å². The van der Waals surface area contributed by atoms with Gasteiger partial charge in [0.1, 0.15) is 18.1 Å². The lowest BCUT2D eigenvalue weighted by atomic mass is 10.1. The number of benzene rings is 3. The molecule has 8 heteroatoms. The van der Waals surface area contributed by atoms with Crippen LogP contribution in [0.25, 0.3) is 22.2 Å². The van der Waals surface area contributed by atoms with Crippen LogP contribution in [0.2, 0.25) is 0 Å². The molecule has 35 heavy (non-hydrogen) atoms. The monoisotopic (exact) mass is 462 g/mol. The summed E-state index contributed by atoms with van der Waals surface area (Å²) in [6, 6.07) is 27.0. The highest BCUT2D eigenvalue weighted by Crippen LogP contribution is 2.25. The van der Waals surface area contributed by atoms with Gasteiger partial charge in [0.05, 0.1) is 17.4 Å². The minimum absolute atomic E-state index is 0.245. The molecule has 0 spiro atoms. The van der Waals surface area contributed by atoms with Gasteiger partial charge in [-0.1, -0.05) is 36.4 Å². The largest absolute Gasteiger partial charge is 0.489 e. The summed E-state index contributed by atoms with van der Waals surface area (Å²) < 4.78 is 5.85. The number of hydrazine groups is 1. The van der Waals surface area contributed by atoms with Gasteiger partial charge in [-0.15, -0.1) is 10.2 Å². The number of rotatable bonds is 7. The molecule has 2 aromatic heterocycles. The Kier molecular flexibility index (Phi) is 6.25. The summed E-state index contributed by atoms with van der Waals surface area (Å²) >= 11 is 0. The molecule has 0 saturated carbocycles. The first-order valence-electron chi connectivity index (χ1n) is 11.0. The number of carbonyl (C=O) groups excluding carboxylic acids is 1. The van der Waals surface area contributed by atoms with Crippen molar-refractivity contribution >= 4 is 28.4 Å². The SMILES string of the molecule is CC(=O)NN(c1ccc2ncccc2c1)c1ncc(-c2ccc(OCc3ccccc3)cc2)nn1. The number of hydrogen-bond donors (Lipinski definition) is 1. The van der Waals surface area contributed by atoms with E-state index >= 15 is 0 Å². The number of carbonyl (C=O) groups is 1. The van der Waals surface area contributed by atoms with Gasteiger partial charge >= 0.3 is 0 Å². The third-order valence-electron chi connectivity index (χ3n) is 5.26. The Labute approximate surface area is 202 Å². The number of ether oxygens (including phenoxy) is 1. The first kappa shape index (κ1) is 22.0. The van der Waals surface area contributed by atoms with Crippen molar-refractivity contribution in [3.63, 3.8) is 0 Å². The number of hydrogen-bond acceptors (Lipinski definition) is 7. The molecule has 8 nitrogen and oxygen atoms in total. The lowest BCUT2D eigenvalue weighted by molar-refractivity contribution is -0.118. The number of amides is 1. The van der Waals surface area contributed by atoms with Crippen molar-refractivity contribution < 1.29 is 9.53 Å². The Bertz CT molecular complexity index is 1440. The number of aromatic nitrogens is 4. The topological polar surface area (TPSA) is 93.1 Å². The quantitative estimate of drug-likeness (QED) is 0.345. The van der Waals surface area contributed by atoms with Gasteiger partial charge in [-0.05, 0) is 54.1 Å². The number of pyridine rings is 1. The summed E-state index contributed by atoms with van der Waals surface area (Å²) in [5.74, 6) is 0.753. The first-order valence-corrected chi connectivity index (χ1v) is 11.0. The molecule has 5 rings (SSSR count). The molecule has 0 aliphatic carbocycles. The molecule has 0 unspecified atom stereocenters.